The lowest BCUT2D eigenvalue weighted by Crippen LogP contribution is -2.71. The summed E-state index contributed by atoms with van der Waals surface area (Å²) < 4.78 is 191. The molecule has 0 aromatic heterocycles. The van der Waals surface area contributed by atoms with Gasteiger partial charge < -0.3 is 5.32 Å². The molecule has 190 valence electrons. The van der Waals surface area contributed by atoms with Crippen LogP contribution in [0.3, 0.4) is 0 Å². The first-order valence-electron chi connectivity index (χ1n) is 7.71. The standard InChI is InChI=1S/C14H9F13N2O3S/c15-9(16,8(30)29-5-6-1-3-7(4-2-6)33(28,31)32)10(17,18)11(19,20)12(21,22)13(23,24)14(25,26)27/h1-4H,5H2,(H,29,30)(H2,28,31,32). The van der Waals surface area contributed by atoms with E-state index >= 15 is 0 Å². The zero-order valence-corrected chi connectivity index (χ0v) is 16.0. The van der Waals surface area contributed by atoms with E-state index in [1.807, 2.05) is 0 Å². The van der Waals surface area contributed by atoms with E-state index < -0.39 is 63.2 Å². The summed E-state index contributed by atoms with van der Waals surface area (Å²) in [4.78, 5) is 10.7. The molecule has 0 atom stereocenters. The summed E-state index contributed by atoms with van der Waals surface area (Å²) in [6.07, 6.45) is -7.56. The lowest BCUT2D eigenvalue weighted by molar-refractivity contribution is -0.436. The molecule has 0 fully saturated rings. The number of halogens is 13. The van der Waals surface area contributed by atoms with Gasteiger partial charge in [0.05, 0.1) is 4.90 Å². The van der Waals surface area contributed by atoms with E-state index in [1.165, 1.54) is 0 Å². The maximum absolute atomic E-state index is 13.6. The van der Waals surface area contributed by atoms with Crippen molar-refractivity contribution in [2.24, 2.45) is 5.14 Å². The number of rotatable bonds is 8. The number of sulfonamides is 1. The van der Waals surface area contributed by atoms with Crippen LogP contribution in [0.25, 0.3) is 0 Å². The second-order valence-electron chi connectivity index (χ2n) is 6.24. The van der Waals surface area contributed by atoms with Gasteiger partial charge in [0.2, 0.25) is 10.0 Å². The van der Waals surface area contributed by atoms with Crippen molar-refractivity contribution in [3.63, 3.8) is 0 Å². The lowest BCUT2D eigenvalue weighted by atomic mass is 9.93. The van der Waals surface area contributed by atoms with Gasteiger partial charge in [-0.15, -0.1) is 0 Å². The molecule has 0 aliphatic heterocycles. The van der Waals surface area contributed by atoms with Crippen LogP contribution in [-0.2, 0) is 21.4 Å². The number of carbonyl (C=O) groups is 1. The molecule has 0 heterocycles. The minimum atomic E-state index is -8.12. The van der Waals surface area contributed by atoms with Crippen LogP contribution in [0.1, 0.15) is 5.56 Å². The predicted molar refractivity (Wildman–Crippen MR) is 80.5 cm³/mol. The first-order valence-corrected chi connectivity index (χ1v) is 9.26. The summed E-state index contributed by atoms with van der Waals surface area (Å²) in [6, 6.07) is 2.95. The average Bonchev–Trinajstić information content (AvgIpc) is 2.64. The molecule has 0 bridgehead atoms. The Hall–Kier alpha value is -2.31. The van der Waals surface area contributed by atoms with E-state index in [-0.39, 0.29) is 5.56 Å². The second kappa shape index (κ2) is 8.17. The van der Waals surface area contributed by atoms with Crippen molar-refractivity contribution in [3.8, 4) is 0 Å². The summed E-state index contributed by atoms with van der Waals surface area (Å²) in [5.74, 6) is -42.2. The van der Waals surface area contributed by atoms with Crippen LogP contribution in [0, 0.1) is 0 Å². The van der Waals surface area contributed by atoms with E-state index in [0.717, 1.165) is 29.6 Å². The molecule has 1 aromatic carbocycles. The fraction of sp³-hybridized carbons (Fsp3) is 0.500. The van der Waals surface area contributed by atoms with Gasteiger partial charge in [-0.1, -0.05) is 12.1 Å². The highest BCUT2D eigenvalue weighted by Gasteiger charge is 2.91. The third-order valence-electron chi connectivity index (χ3n) is 3.92. The number of hydrogen-bond acceptors (Lipinski definition) is 3. The Kier molecular flexibility index (Phi) is 7.11. The fourth-order valence-electron chi connectivity index (χ4n) is 2.00. The number of carbonyl (C=O) groups excluding carboxylic acids is 1. The van der Waals surface area contributed by atoms with Gasteiger partial charge in [-0.05, 0) is 17.7 Å². The zero-order valence-electron chi connectivity index (χ0n) is 15.1. The number of nitrogens with two attached hydrogens (primary N) is 1. The van der Waals surface area contributed by atoms with E-state index in [2.05, 4.69) is 0 Å². The Morgan fingerprint density at radius 1 is 0.727 bits per heavy atom. The van der Waals surface area contributed by atoms with Crippen LogP contribution in [0.5, 0.6) is 0 Å². The maximum atomic E-state index is 13.6. The Labute approximate surface area is 174 Å². The first kappa shape index (κ1) is 28.7. The lowest BCUT2D eigenvalue weighted by Gasteiger charge is -2.39. The van der Waals surface area contributed by atoms with Crippen molar-refractivity contribution < 1.29 is 70.3 Å². The molecular weight excluding hydrogens is 523 g/mol. The summed E-state index contributed by atoms with van der Waals surface area (Å²) in [7, 11) is -4.25. The minimum Gasteiger partial charge on any atom is -0.347 e. The highest BCUT2D eigenvalue weighted by molar-refractivity contribution is 7.89. The molecule has 5 nitrogen and oxygen atoms in total. The van der Waals surface area contributed by atoms with Gasteiger partial charge in [0.1, 0.15) is 0 Å². The number of amides is 1. The average molecular weight is 532 g/mol. The van der Waals surface area contributed by atoms with Crippen LogP contribution in [0.15, 0.2) is 29.2 Å². The highest BCUT2D eigenvalue weighted by Crippen LogP contribution is 2.60. The molecule has 19 heteroatoms. The van der Waals surface area contributed by atoms with Crippen molar-refractivity contribution in [1.82, 2.24) is 5.32 Å². The van der Waals surface area contributed by atoms with Crippen LogP contribution in [0.4, 0.5) is 57.1 Å². The Bertz CT molecular complexity index is 989. The van der Waals surface area contributed by atoms with Crippen LogP contribution < -0.4 is 10.5 Å². The number of nitrogens with one attached hydrogen (secondary N) is 1. The molecule has 0 aliphatic carbocycles. The monoisotopic (exact) mass is 532 g/mol. The molecule has 33 heavy (non-hydrogen) atoms. The zero-order chi connectivity index (χ0) is 26.5. The summed E-state index contributed by atoms with van der Waals surface area (Å²) in [6.45, 7) is -1.25. The molecule has 1 aromatic rings. The molecule has 0 radical (unpaired) electrons. The van der Waals surface area contributed by atoms with Gasteiger partial charge in [-0.25, -0.2) is 13.6 Å². The summed E-state index contributed by atoms with van der Waals surface area (Å²) >= 11 is 0. The quantitative estimate of drug-likeness (QED) is 0.501. The molecule has 0 saturated carbocycles. The highest BCUT2D eigenvalue weighted by atomic mass is 32.2. The summed E-state index contributed by atoms with van der Waals surface area (Å²) in [5, 5.41) is 5.59. The normalized spacial score (nSPS) is 14.8. The van der Waals surface area contributed by atoms with Gasteiger partial charge in [-0.2, -0.15) is 57.1 Å². The van der Waals surface area contributed by atoms with E-state index in [0.29, 0.717) is 0 Å². The van der Waals surface area contributed by atoms with Crippen LogP contribution in [0.2, 0.25) is 0 Å². The van der Waals surface area contributed by atoms with Crippen molar-refractivity contribution >= 4 is 15.9 Å². The molecule has 3 N–H and O–H groups in total. The van der Waals surface area contributed by atoms with E-state index in [4.69, 9.17) is 5.14 Å². The SMILES string of the molecule is NS(=O)(=O)c1ccc(CNC(=O)C(F)(F)C(F)(F)C(F)(F)C(F)(F)C(F)(F)C(F)(F)F)cc1. The number of primary sulfonamides is 1. The van der Waals surface area contributed by atoms with Gasteiger partial charge in [0.25, 0.3) is 5.91 Å². The number of benzene rings is 1. The Balaban J connectivity index is 3.22. The number of alkyl halides is 13. The van der Waals surface area contributed by atoms with E-state index in [9.17, 15) is 70.3 Å². The van der Waals surface area contributed by atoms with Crippen molar-refractivity contribution in [3.05, 3.63) is 29.8 Å². The van der Waals surface area contributed by atoms with Gasteiger partial charge in [-0.3, -0.25) is 4.79 Å². The van der Waals surface area contributed by atoms with Crippen molar-refractivity contribution in [2.45, 2.75) is 47.2 Å². The maximum Gasteiger partial charge on any atom is 0.460 e. The van der Waals surface area contributed by atoms with Gasteiger partial charge in [0, 0.05) is 6.54 Å². The minimum absolute atomic E-state index is 0.365. The fourth-order valence-corrected chi connectivity index (χ4v) is 2.52. The number of hydrogen-bond donors (Lipinski definition) is 2. The third kappa shape index (κ3) is 4.69. The second-order valence-corrected chi connectivity index (χ2v) is 7.80. The molecule has 0 aliphatic rings. The molecular formula is C14H9F13N2O3S. The van der Waals surface area contributed by atoms with Crippen molar-refractivity contribution in [2.75, 3.05) is 0 Å². The molecule has 0 saturated heterocycles. The predicted octanol–water partition coefficient (Wildman–Crippen LogP) is 3.69. The molecule has 0 unspecified atom stereocenters. The third-order valence-corrected chi connectivity index (χ3v) is 4.85. The molecule has 0 spiro atoms. The van der Waals surface area contributed by atoms with Gasteiger partial charge >= 0.3 is 35.8 Å². The smallest absolute Gasteiger partial charge is 0.347 e. The largest absolute Gasteiger partial charge is 0.460 e. The summed E-state index contributed by atoms with van der Waals surface area (Å²) in [5.41, 5.74) is -0.365. The Morgan fingerprint density at radius 2 is 1.12 bits per heavy atom. The van der Waals surface area contributed by atoms with E-state index in [1.54, 1.807) is 0 Å². The van der Waals surface area contributed by atoms with Gasteiger partial charge in [0.15, 0.2) is 0 Å². The first-order chi connectivity index (χ1) is 14.4. The molecule has 1 amide bonds. The van der Waals surface area contributed by atoms with Crippen molar-refractivity contribution in [1.29, 1.82) is 0 Å². The van der Waals surface area contributed by atoms with Crippen LogP contribution >= 0.6 is 0 Å². The Morgan fingerprint density at radius 3 is 1.48 bits per heavy atom. The topological polar surface area (TPSA) is 89.3 Å². The van der Waals surface area contributed by atoms with Crippen LogP contribution in [-0.4, -0.2) is 50.1 Å². The molecule has 1 rings (SSSR count).